The molecule has 0 aromatic heterocycles. The van der Waals surface area contributed by atoms with Crippen LogP contribution in [0.1, 0.15) is 24.0 Å². The van der Waals surface area contributed by atoms with Gasteiger partial charge < -0.3 is 38.8 Å². The van der Waals surface area contributed by atoms with E-state index >= 15 is 0 Å². The van der Waals surface area contributed by atoms with E-state index in [0.29, 0.717) is 43.3 Å². The average molecular weight is 664 g/mol. The quantitative estimate of drug-likeness (QED) is 0.0910. The van der Waals surface area contributed by atoms with Gasteiger partial charge in [0.05, 0.1) is 34.5 Å². The van der Waals surface area contributed by atoms with Crippen molar-refractivity contribution in [3.8, 4) is 28.4 Å². The molecule has 0 fully saturated rings. The van der Waals surface area contributed by atoms with Crippen LogP contribution < -0.4 is 14.2 Å². The molecule has 12 nitrogen and oxygen atoms in total. The Balaban J connectivity index is 0.00000122. The highest BCUT2D eigenvalue weighted by Gasteiger charge is 2.12. The summed E-state index contributed by atoms with van der Waals surface area (Å²) < 4.78 is 26.6. The molecule has 0 heterocycles. The molecule has 0 radical (unpaired) electrons. The van der Waals surface area contributed by atoms with Gasteiger partial charge in [0.15, 0.2) is 11.5 Å². The van der Waals surface area contributed by atoms with E-state index in [-0.39, 0.29) is 5.97 Å². The summed E-state index contributed by atoms with van der Waals surface area (Å²) in [5, 5.41) is 14.8. The number of carboxylic acid groups (broad SMARTS) is 2. The molecule has 0 aliphatic rings. The molecule has 0 bridgehead atoms. The summed E-state index contributed by atoms with van der Waals surface area (Å²) >= 11 is 0. The number of hydrogen-bond donors (Lipinski definition) is 2. The Hall–Kier alpha value is -5.62. The molecule has 0 unspecified atom stereocenters. The third-order valence-electron chi connectivity index (χ3n) is 6.57. The lowest BCUT2D eigenvalue weighted by molar-refractivity contribution is -0.159. The summed E-state index contributed by atoms with van der Waals surface area (Å²) in [6.45, 7) is 2.14. The largest absolute Gasteiger partial charge is 0.493 e. The van der Waals surface area contributed by atoms with Crippen LogP contribution in [0.3, 0.4) is 0 Å². The first-order valence-electron chi connectivity index (χ1n) is 14.9. The highest BCUT2D eigenvalue weighted by Crippen LogP contribution is 2.38. The number of aliphatic carboxylic acids is 2. The molecule has 0 saturated heterocycles. The Labute approximate surface area is 279 Å². The van der Waals surface area contributed by atoms with Crippen LogP contribution in [-0.2, 0) is 28.7 Å². The zero-order valence-electron chi connectivity index (χ0n) is 27.4. The van der Waals surface area contributed by atoms with Crippen molar-refractivity contribution in [1.29, 1.82) is 0 Å². The molecule has 0 aliphatic heterocycles. The maximum absolute atomic E-state index is 12.1. The van der Waals surface area contributed by atoms with Crippen molar-refractivity contribution in [3.63, 3.8) is 0 Å². The molecule has 0 atom stereocenters. The monoisotopic (exact) mass is 663 g/mol. The van der Waals surface area contributed by atoms with Crippen molar-refractivity contribution in [2.75, 3.05) is 54.7 Å². The van der Waals surface area contributed by atoms with Gasteiger partial charge in [0, 0.05) is 25.2 Å². The lowest BCUT2D eigenvalue weighted by atomic mass is 10.0. The second-order valence-electron chi connectivity index (χ2n) is 10.1. The molecule has 3 rings (SSSR count). The van der Waals surface area contributed by atoms with Crippen molar-refractivity contribution in [3.05, 3.63) is 90.0 Å². The fourth-order valence-electron chi connectivity index (χ4n) is 4.17. The van der Waals surface area contributed by atoms with E-state index in [9.17, 15) is 9.59 Å². The van der Waals surface area contributed by atoms with E-state index in [1.165, 1.54) is 33.5 Å². The molecule has 0 spiro atoms. The Kier molecular flexibility index (Phi) is 17.1. The van der Waals surface area contributed by atoms with Crippen LogP contribution in [-0.4, -0.2) is 93.7 Å². The zero-order chi connectivity index (χ0) is 35.3. The highest BCUT2D eigenvalue weighted by molar-refractivity contribution is 6.27. The number of hydrogen-bond acceptors (Lipinski definition) is 10. The predicted octanol–water partition coefficient (Wildman–Crippen LogP) is 5.06. The Morgan fingerprint density at radius 3 is 1.54 bits per heavy atom. The van der Waals surface area contributed by atoms with Gasteiger partial charge in [-0.2, -0.15) is 0 Å². The fourth-order valence-corrected chi connectivity index (χ4v) is 4.17. The van der Waals surface area contributed by atoms with Gasteiger partial charge in [0.1, 0.15) is 0 Å². The van der Waals surface area contributed by atoms with Gasteiger partial charge in [-0.1, -0.05) is 54.6 Å². The number of esters is 2. The third kappa shape index (κ3) is 14.2. The normalized spacial score (nSPS) is 10.7. The first-order valence-corrected chi connectivity index (χ1v) is 14.9. The summed E-state index contributed by atoms with van der Waals surface area (Å²) in [5.41, 5.74) is 3.93. The maximum atomic E-state index is 12.1. The molecule has 0 aliphatic carbocycles. The zero-order valence-corrected chi connectivity index (χ0v) is 27.4. The van der Waals surface area contributed by atoms with Crippen LogP contribution in [0.5, 0.6) is 17.2 Å². The average Bonchev–Trinajstić information content (AvgIpc) is 3.10. The van der Waals surface area contributed by atoms with E-state index in [0.717, 1.165) is 35.3 Å². The second-order valence-corrected chi connectivity index (χ2v) is 10.1. The second kappa shape index (κ2) is 21.2. The summed E-state index contributed by atoms with van der Waals surface area (Å²) in [4.78, 5) is 44.5. The standard InChI is InChI=1S/C34H39NO7.C2H2O4/c1-35(21-9-23-42-33(37)19-15-27-24-30(38-2)34(40-4)31(25-27)39-3)20-8-22-41-32(36)18-14-26-12-16-29(17-13-26)28-10-6-5-7-11-28;3-1(4)2(5)6/h5-7,10-19,24-25H,8-9,20-23H2,1-4H3;(H,3,4)(H,5,6)/b18-14+,19-15+;. The number of rotatable bonds is 16. The molecule has 12 heteroatoms. The maximum Gasteiger partial charge on any atom is 0.414 e. The Morgan fingerprint density at radius 1 is 0.646 bits per heavy atom. The van der Waals surface area contributed by atoms with Crippen LogP contribution >= 0.6 is 0 Å². The molecule has 0 amide bonds. The smallest absolute Gasteiger partial charge is 0.414 e. The van der Waals surface area contributed by atoms with Gasteiger partial charge in [-0.25, -0.2) is 19.2 Å². The Bertz CT molecular complexity index is 1500. The lowest BCUT2D eigenvalue weighted by Gasteiger charge is -2.16. The van der Waals surface area contributed by atoms with Crippen molar-refractivity contribution >= 4 is 36.0 Å². The molecule has 3 aromatic rings. The van der Waals surface area contributed by atoms with Gasteiger partial charge in [-0.05, 0) is 66.4 Å². The van der Waals surface area contributed by atoms with E-state index in [1.54, 1.807) is 24.3 Å². The van der Waals surface area contributed by atoms with Gasteiger partial charge in [0.2, 0.25) is 5.75 Å². The topological polar surface area (TPSA) is 158 Å². The summed E-state index contributed by atoms with van der Waals surface area (Å²) in [6, 6.07) is 21.7. The molecule has 2 N–H and O–H groups in total. The number of carboxylic acids is 2. The molecular formula is C36H41NO11. The van der Waals surface area contributed by atoms with Crippen molar-refractivity contribution in [1.82, 2.24) is 4.90 Å². The van der Waals surface area contributed by atoms with Crippen LogP contribution in [0.15, 0.2) is 78.9 Å². The van der Waals surface area contributed by atoms with Gasteiger partial charge >= 0.3 is 23.9 Å². The first kappa shape index (κ1) is 38.6. The SMILES string of the molecule is COc1cc(/C=C/C(=O)OCCCN(C)CCCOC(=O)/C=C/c2ccc(-c3ccccc3)cc2)cc(OC)c1OC.O=C(O)C(=O)O. The minimum Gasteiger partial charge on any atom is -0.493 e. The summed E-state index contributed by atoms with van der Waals surface area (Å²) in [5.74, 6) is -2.95. The first-order chi connectivity index (χ1) is 23.1. The van der Waals surface area contributed by atoms with Crippen molar-refractivity contribution < 1.29 is 53.1 Å². The van der Waals surface area contributed by atoms with E-state index in [1.807, 2.05) is 49.5 Å². The molecule has 3 aromatic carbocycles. The van der Waals surface area contributed by atoms with Crippen LogP contribution in [0.4, 0.5) is 0 Å². The minimum atomic E-state index is -1.82. The highest BCUT2D eigenvalue weighted by atomic mass is 16.5. The van der Waals surface area contributed by atoms with Crippen LogP contribution in [0, 0.1) is 0 Å². The minimum absolute atomic E-state index is 0.300. The Morgan fingerprint density at radius 2 is 1.10 bits per heavy atom. The van der Waals surface area contributed by atoms with Gasteiger partial charge in [0.25, 0.3) is 0 Å². The van der Waals surface area contributed by atoms with Crippen LogP contribution in [0.2, 0.25) is 0 Å². The third-order valence-corrected chi connectivity index (χ3v) is 6.57. The van der Waals surface area contributed by atoms with E-state index in [2.05, 4.69) is 17.0 Å². The number of nitrogens with zero attached hydrogens (tertiary/aromatic N) is 1. The number of carbonyl (C=O) groups excluding carboxylic acids is 2. The molecular weight excluding hydrogens is 622 g/mol. The number of benzene rings is 3. The van der Waals surface area contributed by atoms with Crippen LogP contribution in [0.25, 0.3) is 23.3 Å². The lowest BCUT2D eigenvalue weighted by Crippen LogP contribution is -2.23. The van der Waals surface area contributed by atoms with Crippen molar-refractivity contribution in [2.24, 2.45) is 0 Å². The van der Waals surface area contributed by atoms with E-state index < -0.39 is 17.9 Å². The number of carbonyl (C=O) groups is 4. The molecule has 256 valence electrons. The summed E-state index contributed by atoms with van der Waals surface area (Å²) in [6.07, 6.45) is 7.60. The predicted molar refractivity (Wildman–Crippen MR) is 180 cm³/mol. The number of ether oxygens (including phenoxy) is 5. The molecule has 0 saturated carbocycles. The van der Waals surface area contributed by atoms with Gasteiger partial charge in [-0.3, -0.25) is 0 Å². The van der Waals surface area contributed by atoms with Gasteiger partial charge in [-0.15, -0.1) is 0 Å². The number of methoxy groups -OCH3 is 3. The fraction of sp³-hybridized carbons (Fsp3) is 0.278. The molecule has 48 heavy (non-hydrogen) atoms. The summed E-state index contributed by atoms with van der Waals surface area (Å²) in [7, 11) is 6.59. The van der Waals surface area contributed by atoms with E-state index in [4.69, 9.17) is 43.5 Å². The van der Waals surface area contributed by atoms with Crippen molar-refractivity contribution in [2.45, 2.75) is 12.8 Å².